The Morgan fingerprint density at radius 1 is 1.36 bits per heavy atom. The Labute approximate surface area is 130 Å². The molecule has 2 amide bonds. The van der Waals surface area contributed by atoms with E-state index in [1.54, 1.807) is 6.20 Å². The van der Waals surface area contributed by atoms with Crippen molar-refractivity contribution in [2.24, 2.45) is 0 Å². The number of aliphatic hydroxyl groups excluding tert-OH is 1. The highest BCUT2D eigenvalue weighted by Gasteiger charge is 2.12. The number of nitrogens with zero attached hydrogens (tertiary/aromatic N) is 2. The summed E-state index contributed by atoms with van der Waals surface area (Å²) in [6, 6.07) is 8.71. The quantitative estimate of drug-likeness (QED) is 0.725. The third kappa shape index (κ3) is 4.33. The van der Waals surface area contributed by atoms with Crippen molar-refractivity contribution >= 4 is 6.03 Å². The number of carbonyl (C=O) groups excluding carboxylic acids is 1. The molecule has 0 bridgehead atoms. The van der Waals surface area contributed by atoms with Gasteiger partial charge in [0, 0.05) is 31.9 Å². The molecule has 2 aromatic rings. The number of imidazole rings is 1. The first-order valence-corrected chi connectivity index (χ1v) is 7.44. The molecule has 0 saturated heterocycles. The van der Waals surface area contributed by atoms with E-state index >= 15 is 0 Å². The number of nitrogens with one attached hydrogen (secondary N) is 2. The maximum atomic E-state index is 11.9. The van der Waals surface area contributed by atoms with Crippen LogP contribution in [0.4, 0.5) is 4.79 Å². The van der Waals surface area contributed by atoms with E-state index in [2.05, 4.69) is 15.6 Å². The molecule has 1 atom stereocenters. The minimum atomic E-state index is -0.402. The molecule has 0 aliphatic carbocycles. The number of aromatic nitrogens is 2. The summed E-state index contributed by atoms with van der Waals surface area (Å²) in [5, 5.41) is 15.0. The molecular weight excluding hydrogens is 280 g/mol. The molecular formula is C16H22N4O2. The lowest BCUT2D eigenvalue weighted by Gasteiger charge is -2.17. The maximum Gasteiger partial charge on any atom is 0.315 e. The van der Waals surface area contributed by atoms with Gasteiger partial charge in [0.15, 0.2) is 0 Å². The van der Waals surface area contributed by atoms with Crippen molar-refractivity contribution < 1.29 is 9.90 Å². The lowest BCUT2D eigenvalue weighted by molar-refractivity contribution is 0.216. The molecule has 0 saturated carbocycles. The summed E-state index contributed by atoms with van der Waals surface area (Å²) in [6.07, 6.45) is 4.52. The van der Waals surface area contributed by atoms with Crippen molar-refractivity contribution in [3.05, 3.63) is 54.1 Å². The monoisotopic (exact) mass is 302 g/mol. The first-order valence-electron chi connectivity index (χ1n) is 7.44. The molecule has 1 aromatic heterocycles. The van der Waals surface area contributed by atoms with Crippen molar-refractivity contribution in [1.29, 1.82) is 0 Å². The largest absolute Gasteiger partial charge is 0.394 e. The number of aliphatic hydroxyl groups is 1. The molecule has 0 unspecified atom stereocenters. The zero-order valence-corrected chi connectivity index (χ0v) is 12.7. The van der Waals surface area contributed by atoms with Crippen molar-refractivity contribution in [1.82, 2.24) is 20.2 Å². The third-order valence-corrected chi connectivity index (χ3v) is 3.45. The summed E-state index contributed by atoms with van der Waals surface area (Å²) in [7, 11) is 0. The van der Waals surface area contributed by atoms with Gasteiger partial charge in [-0.3, -0.25) is 0 Å². The van der Waals surface area contributed by atoms with Gasteiger partial charge >= 0.3 is 6.03 Å². The van der Waals surface area contributed by atoms with Crippen LogP contribution in [0.3, 0.4) is 0 Å². The molecule has 0 fully saturated rings. The van der Waals surface area contributed by atoms with E-state index in [1.165, 1.54) is 0 Å². The van der Waals surface area contributed by atoms with Gasteiger partial charge in [0.25, 0.3) is 0 Å². The maximum absolute atomic E-state index is 11.9. The van der Waals surface area contributed by atoms with Gasteiger partial charge in [0.1, 0.15) is 5.82 Å². The molecule has 6 nitrogen and oxygen atoms in total. The van der Waals surface area contributed by atoms with E-state index in [-0.39, 0.29) is 12.6 Å². The molecule has 118 valence electrons. The number of benzene rings is 1. The van der Waals surface area contributed by atoms with Crippen LogP contribution in [0.15, 0.2) is 42.7 Å². The second kappa shape index (κ2) is 8.19. The van der Waals surface area contributed by atoms with E-state index in [0.717, 1.165) is 17.8 Å². The van der Waals surface area contributed by atoms with E-state index in [1.807, 2.05) is 48.0 Å². The predicted octanol–water partition coefficient (Wildman–Crippen LogP) is 1.48. The van der Waals surface area contributed by atoms with Gasteiger partial charge in [-0.2, -0.15) is 0 Å². The molecule has 1 heterocycles. The van der Waals surface area contributed by atoms with Gasteiger partial charge in [-0.1, -0.05) is 37.3 Å². The minimum absolute atomic E-state index is 0.140. The lowest BCUT2D eigenvalue weighted by Crippen LogP contribution is -2.40. The fourth-order valence-electron chi connectivity index (χ4n) is 2.28. The number of rotatable bonds is 7. The number of urea groups is 1. The molecule has 3 N–H and O–H groups in total. The Bertz CT molecular complexity index is 583. The highest BCUT2D eigenvalue weighted by molar-refractivity contribution is 5.74. The second-order valence-corrected chi connectivity index (χ2v) is 4.94. The Morgan fingerprint density at radius 3 is 2.82 bits per heavy atom. The van der Waals surface area contributed by atoms with E-state index in [4.69, 9.17) is 0 Å². The number of hydrogen-bond acceptors (Lipinski definition) is 3. The number of aryl methyl sites for hydroxylation is 1. The summed E-state index contributed by atoms with van der Waals surface area (Å²) in [5.74, 6) is 1.000. The molecule has 0 aliphatic heterocycles. The van der Waals surface area contributed by atoms with Crippen molar-refractivity contribution in [2.75, 3.05) is 13.2 Å². The van der Waals surface area contributed by atoms with E-state index in [0.29, 0.717) is 13.1 Å². The van der Waals surface area contributed by atoms with Gasteiger partial charge in [0.2, 0.25) is 0 Å². The van der Waals surface area contributed by atoms with Crippen LogP contribution in [-0.4, -0.2) is 33.8 Å². The topological polar surface area (TPSA) is 79.2 Å². The molecule has 2 rings (SSSR count). The minimum Gasteiger partial charge on any atom is -0.394 e. The Morgan fingerprint density at radius 2 is 2.14 bits per heavy atom. The second-order valence-electron chi connectivity index (χ2n) is 4.94. The summed E-state index contributed by atoms with van der Waals surface area (Å²) in [6.45, 7) is 3.08. The van der Waals surface area contributed by atoms with Crippen LogP contribution in [0, 0.1) is 0 Å². The summed E-state index contributed by atoms with van der Waals surface area (Å²) in [4.78, 5) is 16.1. The molecule has 0 spiro atoms. The fourth-order valence-corrected chi connectivity index (χ4v) is 2.28. The third-order valence-electron chi connectivity index (χ3n) is 3.45. The summed E-state index contributed by atoms with van der Waals surface area (Å²) >= 11 is 0. The van der Waals surface area contributed by atoms with Gasteiger partial charge in [-0.25, -0.2) is 9.78 Å². The highest BCUT2D eigenvalue weighted by atomic mass is 16.3. The Kier molecular flexibility index (Phi) is 5.97. The van der Waals surface area contributed by atoms with Gasteiger partial charge in [-0.05, 0) is 5.56 Å². The smallest absolute Gasteiger partial charge is 0.315 e. The lowest BCUT2D eigenvalue weighted by atomic mass is 10.1. The predicted molar refractivity (Wildman–Crippen MR) is 84.4 cm³/mol. The van der Waals surface area contributed by atoms with E-state index in [9.17, 15) is 9.90 Å². The van der Waals surface area contributed by atoms with E-state index < -0.39 is 6.04 Å². The SMILES string of the molecule is CCc1nccn1CCNC(=O)N[C@@H](CO)c1ccccc1. The normalized spacial score (nSPS) is 11.9. The summed E-state index contributed by atoms with van der Waals surface area (Å²) < 4.78 is 2.01. The first-order chi connectivity index (χ1) is 10.7. The van der Waals surface area contributed by atoms with Crippen LogP contribution in [0.5, 0.6) is 0 Å². The fraction of sp³-hybridized carbons (Fsp3) is 0.375. The van der Waals surface area contributed by atoms with Crippen LogP contribution >= 0.6 is 0 Å². The van der Waals surface area contributed by atoms with Crippen LogP contribution < -0.4 is 10.6 Å². The van der Waals surface area contributed by atoms with Crippen molar-refractivity contribution in [3.8, 4) is 0 Å². The number of hydrogen-bond donors (Lipinski definition) is 3. The van der Waals surface area contributed by atoms with Gasteiger partial charge in [0.05, 0.1) is 12.6 Å². The molecule has 0 radical (unpaired) electrons. The molecule has 1 aromatic carbocycles. The average molecular weight is 302 g/mol. The van der Waals surface area contributed by atoms with Crippen LogP contribution in [0.1, 0.15) is 24.4 Å². The van der Waals surface area contributed by atoms with Gasteiger partial charge in [-0.15, -0.1) is 0 Å². The van der Waals surface area contributed by atoms with Crippen LogP contribution in [-0.2, 0) is 13.0 Å². The highest BCUT2D eigenvalue weighted by Crippen LogP contribution is 2.11. The first kappa shape index (κ1) is 16.0. The molecule has 0 aliphatic rings. The van der Waals surface area contributed by atoms with Gasteiger partial charge < -0.3 is 20.3 Å². The molecule has 6 heteroatoms. The number of amides is 2. The Hall–Kier alpha value is -2.34. The van der Waals surface area contributed by atoms with Crippen LogP contribution in [0.2, 0.25) is 0 Å². The standard InChI is InChI=1S/C16H22N4O2/c1-2-15-17-8-10-20(15)11-9-18-16(22)19-14(12-21)13-6-4-3-5-7-13/h3-8,10,14,21H,2,9,11-12H2,1H3,(H2,18,19,22)/t14-/m0/s1. The number of carbonyl (C=O) groups is 1. The zero-order chi connectivity index (χ0) is 15.8. The summed E-state index contributed by atoms with van der Waals surface area (Å²) in [5.41, 5.74) is 0.878. The Balaban J connectivity index is 1.80. The van der Waals surface area contributed by atoms with Crippen LogP contribution in [0.25, 0.3) is 0 Å². The average Bonchev–Trinajstić information content (AvgIpc) is 3.01. The molecule has 22 heavy (non-hydrogen) atoms. The zero-order valence-electron chi connectivity index (χ0n) is 12.7. The van der Waals surface area contributed by atoms with Crippen molar-refractivity contribution in [2.45, 2.75) is 25.9 Å². The van der Waals surface area contributed by atoms with Crippen molar-refractivity contribution in [3.63, 3.8) is 0 Å².